The zero-order chi connectivity index (χ0) is 53.7. The molecule has 3 aromatic rings. The second-order valence-corrected chi connectivity index (χ2v) is 22.7. The number of alkyl halides is 1. The van der Waals surface area contributed by atoms with Crippen molar-refractivity contribution in [1.29, 1.82) is 0 Å². The maximum absolute atomic E-state index is 14.5. The summed E-state index contributed by atoms with van der Waals surface area (Å²) < 4.78 is 58.3. The molecule has 3 fully saturated rings. The summed E-state index contributed by atoms with van der Waals surface area (Å²) in [6.45, 7) is 17.7. The summed E-state index contributed by atoms with van der Waals surface area (Å²) >= 11 is 1.28. The highest BCUT2D eigenvalue weighted by Crippen LogP contribution is 2.40. The number of likely N-dealkylation sites (N-methyl/N-ethyl adjacent to an activating group) is 2. The number of halogens is 1. The lowest BCUT2D eigenvalue weighted by Crippen LogP contribution is -2.61. The van der Waals surface area contributed by atoms with E-state index in [2.05, 4.69) is 19.9 Å². The number of esters is 1. The first-order valence-corrected chi connectivity index (χ1v) is 26.8. The van der Waals surface area contributed by atoms with Gasteiger partial charge < -0.3 is 63.8 Å². The zero-order valence-electron chi connectivity index (χ0n) is 45.1. The number of benzene rings is 1. The molecule has 0 radical (unpaired) electrons. The quantitative estimate of drug-likeness (QED) is 0.133. The Morgan fingerprint density at radius 1 is 0.986 bits per heavy atom. The van der Waals surface area contributed by atoms with Gasteiger partial charge in [-0.2, -0.15) is 0 Å². The highest BCUT2D eigenvalue weighted by atomic mass is 32.1. The number of aliphatic hydroxyl groups is 5. The summed E-state index contributed by atoms with van der Waals surface area (Å²) in [6.07, 6.45) is -6.70. The van der Waals surface area contributed by atoms with Crippen LogP contribution in [0.5, 0.6) is 0 Å². The number of hydrogen-bond donors (Lipinski definition) is 5. The molecule has 0 aliphatic carbocycles. The van der Waals surface area contributed by atoms with Gasteiger partial charge in [-0.15, -0.1) is 10.2 Å². The molecule has 3 saturated heterocycles. The van der Waals surface area contributed by atoms with E-state index in [1.54, 1.807) is 59.3 Å². The Labute approximate surface area is 434 Å². The van der Waals surface area contributed by atoms with Crippen LogP contribution in [0.25, 0.3) is 11.3 Å². The molecule has 19 nitrogen and oxygen atoms in total. The van der Waals surface area contributed by atoms with Gasteiger partial charge in [0.25, 0.3) is 0 Å². The molecule has 6 rings (SSSR count). The molecule has 2 aromatic heterocycles. The van der Waals surface area contributed by atoms with Gasteiger partial charge in [-0.25, -0.2) is 9.07 Å². The van der Waals surface area contributed by atoms with Crippen LogP contribution in [0.1, 0.15) is 112 Å². The van der Waals surface area contributed by atoms with Crippen molar-refractivity contribution >= 4 is 17.5 Å². The van der Waals surface area contributed by atoms with Crippen molar-refractivity contribution in [3.8, 4) is 11.3 Å². The van der Waals surface area contributed by atoms with Crippen LogP contribution in [-0.4, -0.2) is 197 Å². The SMILES string of the molecule is CC[C@H]1OC(=O)[C@H](C)[C@@H](O[C@H]2C[C@@](C)(OC)[C@@H](O)[C@H](C)O2)[C@H](C)[C@@H](O[C@@H]2O[C@H](C)C[C@H](N(C)CCc3cn([C@H](CF)Cc4ccc(-c5csnn5)cc4)nn3)[C@H]2O)[C@](C)(O)C[C@@H](C)CN(C)[C@H](C)[C@@H](O)[C@]1(C)O. The van der Waals surface area contributed by atoms with Crippen molar-refractivity contribution in [3.05, 3.63) is 47.1 Å². The van der Waals surface area contributed by atoms with Gasteiger partial charge in [-0.05, 0) is 111 Å². The van der Waals surface area contributed by atoms with E-state index < -0.39 is 121 Å². The van der Waals surface area contributed by atoms with Crippen molar-refractivity contribution in [2.45, 2.75) is 204 Å². The Balaban J connectivity index is 1.25. The Morgan fingerprint density at radius 3 is 2.32 bits per heavy atom. The maximum Gasteiger partial charge on any atom is 0.311 e. The van der Waals surface area contributed by atoms with Gasteiger partial charge in [0, 0.05) is 68.2 Å². The minimum Gasteiger partial charge on any atom is -0.459 e. The maximum atomic E-state index is 14.5. The summed E-state index contributed by atoms with van der Waals surface area (Å²) in [7, 11) is 5.23. The van der Waals surface area contributed by atoms with E-state index in [1.807, 2.05) is 67.4 Å². The number of rotatable bonds is 15. The number of nitrogens with zero attached hydrogens (tertiary/aromatic N) is 7. The molecule has 19 atom stereocenters. The fourth-order valence-corrected chi connectivity index (χ4v) is 11.8. The van der Waals surface area contributed by atoms with E-state index in [0.717, 1.165) is 16.8 Å². The third kappa shape index (κ3) is 13.9. The third-order valence-electron chi connectivity index (χ3n) is 16.0. The molecule has 0 amide bonds. The summed E-state index contributed by atoms with van der Waals surface area (Å²) in [4.78, 5) is 18.4. The second kappa shape index (κ2) is 24.9. The number of carbonyl (C=O) groups is 1. The van der Waals surface area contributed by atoms with Crippen LogP contribution < -0.4 is 0 Å². The fourth-order valence-electron chi connectivity index (χ4n) is 11.3. The van der Waals surface area contributed by atoms with E-state index >= 15 is 0 Å². The van der Waals surface area contributed by atoms with Crippen LogP contribution in [0, 0.1) is 17.8 Å². The molecule has 0 unspecified atom stereocenters. The molecule has 73 heavy (non-hydrogen) atoms. The van der Waals surface area contributed by atoms with Crippen LogP contribution in [0.2, 0.25) is 0 Å². The van der Waals surface area contributed by atoms with Gasteiger partial charge in [0.2, 0.25) is 0 Å². The number of aliphatic hydroxyl groups excluding tert-OH is 3. The van der Waals surface area contributed by atoms with Crippen LogP contribution >= 0.6 is 11.5 Å². The minimum absolute atomic E-state index is 0.0893. The smallest absolute Gasteiger partial charge is 0.311 e. The van der Waals surface area contributed by atoms with Crippen LogP contribution in [0.3, 0.4) is 0 Å². The zero-order valence-corrected chi connectivity index (χ0v) is 45.9. The topological polar surface area (TPSA) is 237 Å². The number of carbonyl (C=O) groups excluding carboxylic acids is 1. The van der Waals surface area contributed by atoms with E-state index in [-0.39, 0.29) is 25.2 Å². The number of cyclic esters (lactones) is 1. The average molecular weight is 1050 g/mol. The monoisotopic (exact) mass is 1050 g/mol. The van der Waals surface area contributed by atoms with Crippen molar-refractivity contribution in [3.63, 3.8) is 0 Å². The largest absolute Gasteiger partial charge is 0.459 e. The second-order valence-electron chi connectivity index (χ2n) is 22.1. The Kier molecular flexibility index (Phi) is 20.1. The molecular formula is C52H84FN7O12S. The summed E-state index contributed by atoms with van der Waals surface area (Å²) in [5.41, 5.74) is -1.25. The minimum atomic E-state index is -1.85. The molecule has 0 bridgehead atoms. The first-order valence-electron chi connectivity index (χ1n) is 25.9. The fraction of sp³-hybridized carbons (Fsp3) is 0.788. The molecule has 1 aromatic carbocycles. The predicted octanol–water partition coefficient (Wildman–Crippen LogP) is 4.38. The molecular weight excluding hydrogens is 966 g/mol. The third-order valence-corrected chi connectivity index (χ3v) is 16.5. The van der Waals surface area contributed by atoms with Gasteiger partial charge in [0.1, 0.15) is 42.4 Å². The van der Waals surface area contributed by atoms with E-state index in [9.17, 15) is 34.7 Å². The van der Waals surface area contributed by atoms with Crippen LogP contribution in [-0.2, 0) is 46.1 Å². The number of aromatic nitrogens is 5. The molecule has 3 aliphatic rings. The van der Waals surface area contributed by atoms with Crippen molar-refractivity contribution < 1.29 is 63.1 Å². The van der Waals surface area contributed by atoms with E-state index in [0.29, 0.717) is 38.0 Å². The van der Waals surface area contributed by atoms with Gasteiger partial charge >= 0.3 is 5.97 Å². The van der Waals surface area contributed by atoms with Crippen molar-refractivity contribution in [1.82, 2.24) is 34.4 Å². The van der Waals surface area contributed by atoms with Gasteiger partial charge in [-0.3, -0.25) is 4.79 Å². The van der Waals surface area contributed by atoms with E-state index in [4.69, 9.17) is 28.4 Å². The summed E-state index contributed by atoms with van der Waals surface area (Å²) in [5.74, 6) is -2.85. The van der Waals surface area contributed by atoms with Crippen LogP contribution in [0.15, 0.2) is 35.8 Å². The Hall–Kier alpha value is -3.16. The number of hydrogen-bond acceptors (Lipinski definition) is 19. The summed E-state index contributed by atoms with van der Waals surface area (Å²) in [6, 6.07) is 6.19. The molecule has 0 saturated carbocycles. The van der Waals surface area contributed by atoms with Gasteiger partial charge in [-0.1, -0.05) is 54.7 Å². The van der Waals surface area contributed by atoms with Gasteiger partial charge in [0.05, 0.1) is 53.3 Å². The average Bonchev–Trinajstić information content (AvgIpc) is 4.07. The number of methoxy groups -OCH3 is 1. The predicted molar refractivity (Wildman–Crippen MR) is 271 cm³/mol. The summed E-state index contributed by atoms with van der Waals surface area (Å²) in [5, 5.41) is 74.4. The van der Waals surface area contributed by atoms with Gasteiger partial charge in [0.15, 0.2) is 12.6 Å². The highest BCUT2D eigenvalue weighted by Gasteiger charge is 2.53. The first-order chi connectivity index (χ1) is 34.3. The van der Waals surface area contributed by atoms with E-state index in [1.165, 1.54) is 25.6 Å². The normalized spacial score (nSPS) is 39.2. The van der Waals surface area contributed by atoms with Crippen LogP contribution in [0.4, 0.5) is 4.39 Å². The highest BCUT2D eigenvalue weighted by molar-refractivity contribution is 7.03. The molecule has 412 valence electrons. The van der Waals surface area contributed by atoms with Crippen molar-refractivity contribution in [2.24, 2.45) is 17.8 Å². The number of ether oxygens (including phenoxy) is 6. The standard InChI is InChI=1S/C52H84FN7O12S/c1-14-41-52(10,66)45(62)33(6)59(12)26-29(2)23-50(8,65)47(31(4)44(32(5)48(64)70-41)71-42-24-51(9,67-13)46(63)34(7)69-42)72-49-43(61)40(21-30(3)68-49)58(11)20-19-37-27-60(56-54-37)38(25-53)22-35-15-17-36(18-16-35)39-28-73-57-55-39/h15-18,27-34,38,40-47,49,61-63,65-66H,14,19-26H2,1-13H3/t29-,30-,31+,32-,33-,34+,38+,40+,41-,42+,43-,44+,45-,46+,47-,49+,50-,51-,52-/m1/s1. The lowest BCUT2D eigenvalue weighted by molar-refractivity contribution is -0.318. The lowest BCUT2D eigenvalue weighted by Gasteiger charge is -2.49. The first kappa shape index (κ1) is 59.1. The lowest BCUT2D eigenvalue weighted by atomic mass is 9.77. The molecule has 5 heterocycles. The molecule has 21 heteroatoms. The Bertz CT molecular complexity index is 2180. The molecule has 0 spiro atoms. The molecule has 5 N–H and O–H groups in total. The van der Waals surface area contributed by atoms with Crippen molar-refractivity contribution in [2.75, 3.05) is 41.0 Å². The molecule has 3 aliphatic heterocycles. The Morgan fingerprint density at radius 2 is 1.68 bits per heavy atom.